The Morgan fingerprint density at radius 3 is 2.50 bits per heavy atom. The molecule has 93 valence electrons. The molecule has 0 saturated carbocycles. The van der Waals surface area contributed by atoms with Crippen LogP contribution in [0.2, 0.25) is 0 Å². The first-order chi connectivity index (χ1) is 8.46. The van der Waals surface area contributed by atoms with Gasteiger partial charge in [-0.2, -0.15) is 0 Å². The summed E-state index contributed by atoms with van der Waals surface area (Å²) < 4.78 is 40.3. The number of ether oxygens (including phenoxy) is 1. The molecule has 0 aromatic heterocycles. The van der Waals surface area contributed by atoms with Crippen molar-refractivity contribution in [2.24, 2.45) is 0 Å². The Morgan fingerprint density at radius 1 is 1.11 bits per heavy atom. The topological polar surface area (TPSA) is 9.23 Å². The summed E-state index contributed by atoms with van der Waals surface area (Å²) in [6.07, 6.45) is -4.68. The molecule has 0 unspecified atom stereocenters. The van der Waals surface area contributed by atoms with Gasteiger partial charge in [0.15, 0.2) is 0 Å². The Balaban J connectivity index is 2.36. The van der Waals surface area contributed by atoms with Gasteiger partial charge in [-0.1, -0.05) is 30.3 Å². The highest BCUT2D eigenvalue weighted by Gasteiger charge is 2.31. The van der Waals surface area contributed by atoms with E-state index in [0.29, 0.717) is 5.56 Å². The van der Waals surface area contributed by atoms with E-state index in [1.165, 1.54) is 18.2 Å². The second-order valence-corrected chi connectivity index (χ2v) is 3.80. The van der Waals surface area contributed by atoms with E-state index < -0.39 is 6.36 Å². The molecule has 2 aromatic carbocycles. The molecule has 0 N–H and O–H groups in total. The van der Waals surface area contributed by atoms with Gasteiger partial charge in [-0.15, -0.1) is 13.2 Å². The number of aryl methyl sites for hydroxylation is 1. The molecule has 2 rings (SSSR count). The Labute approximate surface area is 103 Å². The molecule has 0 saturated heterocycles. The van der Waals surface area contributed by atoms with Gasteiger partial charge in [0.25, 0.3) is 0 Å². The van der Waals surface area contributed by atoms with E-state index in [4.69, 9.17) is 0 Å². The minimum absolute atomic E-state index is 0.237. The molecule has 0 spiro atoms. The lowest BCUT2D eigenvalue weighted by molar-refractivity contribution is -0.274. The van der Waals surface area contributed by atoms with Crippen molar-refractivity contribution in [2.45, 2.75) is 13.3 Å². The molecule has 0 aliphatic heterocycles. The number of rotatable bonds is 2. The first-order valence-electron chi connectivity index (χ1n) is 5.29. The largest absolute Gasteiger partial charge is 0.573 e. The van der Waals surface area contributed by atoms with Gasteiger partial charge in [0.1, 0.15) is 5.75 Å². The lowest BCUT2D eigenvalue weighted by Crippen LogP contribution is -2.17. The quantitative estimate of drug-likeness (QED) is 0.770. The van der Waals surface area contributed by atoms with E-state index >= 15 is 0 Å². The zero-order valence-corrected chi connectivity index (χ0v) is 9.58. The molecular formula is C14H10F3O. The molecule has 0 aliphatic carbocycles. The molecule has 18 heavy (non-hydrogen) atoms. The van der Waals surface area contributed by atoms with Crippen LogP contribution in [-0.2, 0) is 0 Å². The predicted molar refractivity (Wildman–Crippen MR) is 62.1 cm³/mol. The minimum Gasteiger partial charge on any atom is -0.406 e. The third-order valence-electron chi connectivity index (χ3n) is 2.44. The first-order valence-corrected chi connectivity index (χ1v) is 5.29. The highest BCUT2D eigenvalue weighted by atomic mass is 19.4. The van der Waals surface area contributed by atoms with Crippen molar-refractivity contribution in [3.8, 4) is 16.9 Å². The van der Waals surface area contributed by atoms with Crippen LogP contribution in [-0.4, -0.2) is 6.36 Å². The van der Waals surface area contributed by atoms with Crippen LogP contribution in [0, 0.1) is 13.0 Å². The van der Waals surface area contributed by atoms with Crippen molar-refractivity contribution in [3.05, 3.63) is 54.1 Å². The van der Waals surface area contributed by atoms with Gasteiger partial charge >= 0.3 is 6.36 Å². The summed E-state index contributed by atoms with van der Waals surface area (Å²) in [7, 11) is 0. The smallest absolute Gasteiger partial charge is 0.406 e. The number of hydrogen-bond acceptors (Lipinski definition) is 1. The summed E-state index contributed by atoms with van der Waals surface area (Å²) in [5, 5.41) is 0. The van der Waals surface area contributed by atoms with E-state index in [0.717, 1.165) is 11.1 Å². The number of halogens is 3. The Bertz CT molecular complexity index is 547. The highest BCUT2D eigenvalue weighted by molar-refractivity contribution is 5.67. The van der Waals surface area contributed by atoms with Gasteiger partial charge in [0, 0.05) is 0 Å². The lowest BCUT2D eigenvalue weighted by atomic mass is 10.0. The third kappa shape index (κ3) is 3.03. The van der Waals surface area contributed by atoms with E-state index in [9.17, 15) is 13.2 Å². The van der Waals surface area contributed by atoms with Gasteiger partial charge in [0.2, 0.25) is 0 Å². The van der Waals surface area contributed by atoms with Crippen molar-refractivity contribution in [3.63, 3.8) is 0 Å². The molecule has 1 radical (unpaired) electrons. The Morgan fingerprint density at radius 2 is 1.83 bits per heavy atom. The Kier molecular flexibility index (Phi) is 3.28. The summed E-state index contributed by atoms with van der Waals surface area (Å²) in [6.45, 7) is 1.89. The van der Waals surface area contributed by atoms with E-state index in [1.54, 1.807) is 0 Å². The van der Waals surface area contributed by atoms with Gasteiger partial charge in [0.05, 0.1) is 0 Å². The summed E-state index contributed by atoms with van der Waals surface area (Å²) in [6, 6.07) is 14.3. The molecule has 0 fully saturated rings. The molecule has 1 nitrogen and oxygen atoms in total. The molecule has 4 heteroatoms. The predicted octanol–water partition coefficient (Wildman–Crippen LogP) is 4.36. The second kappa shape index (κ2) is 4.72. The van der Waals surface area contributed by atoms with E-state index in [2.05, 4.69) is 10.8 Å². The van der Waals surface area contributed by atoms with Crippen LogP contribution in [0.3, 0.4) is 0 Å². The third-order valence-corrected chi connectivity index (χ3v) is 2.44. The fourth-order valence-electron chi connectivity index (χ4n) is 1.67. The summed E-state index contributed by atoms with van der Waals surface area (Å²) in [5.41, 5.74) is 2.39. The van der Waals surface area contributed by atoms with Gasteiger partial charge in [-0.05, 0) is 41.8 Å². The zero-order chi connectivity index (χ0) is 13.2. The van der Waals surface area contributed by atoms with Gasteiger partial charge < -0.3 is 4.74 Å². The van der Waals surface area contributed by atoms with Crippen LogP contribution in [0.4, 0.5) is 13.2 Å². The monoisotopic (exact) mass is 251 g/mol. The van der Waals surface area contributed by atoms with E-state index in [1.807, 2.05) is 31.2 Å². The number of hydrogen-bond donors (Lipinski definition) is 0. The maximum atomic E-state index is 12.1. The summed E-state index contributed by atoms with van der Waals surface area (Å²) in [5.74, 6) is -0.237. The minimum atomic E-state index is -4.68. The fourth-order valence-corrected chi connectivity index (χ4v) is 1.67. The number of alkyl halides is 3. The normalized spacial score (nSPS) is 11.3. The SMILES string of the molecule is Cc1ccccc1-c1[c]ccc(OC(F)(F)F)c1. The molecule has 0 amide bonds. The van der Waals surface area contributed by atoms with Crippen LogP contribution >= 0.6 is 0 Å². The van der Waals surface area contributed by atoms with Crippen LogP contribution in [0.5, 0.6) is 5.75 Å². The molecule has 2 aromatic rings. The van der Waals surface area contributed by atoms with Crippen LogP contribution in [0.1, 0.15) is 5.56 Å². The first kappa shape index (κ1) is 12.5. The lowest BCUT2D eigenvalue weighted by Gasteiger charge is -2.10. The fraction of sp³-hybridized carbons (Fsp3) is 0.143. The molecule has 0 bridgehead atoms. The van der Waals surface area contributed by atoms with Crippen molar-refractivity contribution in [1.82, 2.24) is 0 Å². The van der Waals surface area contributed by atoms with E-state index in [-0.39, 0.29) is 5.75 Å². The van der Waals surface area contributed by atoms with Gasteiger partial charge in [-0.3, -0.25) is 0 Å². The average molecular weight is 251 g/mol. The average Bonchev–Trinajstić information content (AvgIpc) is 2.27. The second-order valence-electron chi connectivity index (χ2n) is 3.80. The highest BCUT2D eigenvalue weighted by Crippen LogP contribution is 2.29. The van der Waals surface area contributed by atoms with Crippen molar-refractivity contribution in [2.75, 3.05) is 0 Å². The number of benzene rings is 2. The van der Waals surface area contributed by atoms with Crippen molar-refractivity contribution >= 4 is 0 Å². The van der Waals surface area contributed by atoms with Crippen LogP contribution < -0.4 is 4.74 Å². The maximum Gasteiger partial charge on any atom is 0.573 e. The van der Waals surface area contributed by atoms with Crippen LogP contribution in [0.15, 0.2) is 42.5 Å². The summed E-state index contributed by atoms with van der Waals surface area (Å²) in [4.78, 5) is 0. The van der Waals surface area contributed by atoms with Crippen molar-refractivity contribution in [1.29, 1.82) is 0 Å². The standard InChI is InChI=1S/C14H10F3O/c1-10-5-2-3-8-13(10)11-6-4-7-12(9-11)18-14(15,16)17/h2-5,7-9H,1H3. The Hall–Kier alpha value is -1.97. The van der Waals surface area contributed by atoms with Crippen molar-refractivity contribution < 1.29 is 17.9 Å². The van der Waals surface area contributed by atoms with Gasteiger partial charge in [-0.25, -0.2) is 0 Å². The zero-order valence-electron chi connectivity index (χ0n) is 9.58. The maximum absolute atomic E-state index is 12.1. The molecule has 0 aliphatic rings. The molecule has 0 atom stereocenters. The molecule has 0 heterocycles. The summed E-state index contributed by atoms with van der Waals surface area (Å²) >= 11 is 0. The molecular weight excluding hydrogens is 241 g/mol. The van der Waals surface area contributed by atoms with Crippen LogP contribution in [0.25, 0.3) is 11.1 Å².